The first kappa shape index (κ1) is 27.3. The summed E-state index contributed by atoms with van der Waals surface area (Å²) in [5.74, 6) is -0.168. The maximum Gasteiger partial charge on any atom is 0.410 e. The summed E-state index contributed by atoms with van der Waals surface area (Å²) in [7, 11) is -3.79. The van der Waals surface area contributed by atoms with Crippen molar-refractivity contribution in [3.8, 4) is 10.4 Å². The molecular formula is C24H33N5O6S2. The lowest BCUT2D eigenvalue weighted by atomic mass is 10.1. The predicted molar refractivity (Wildman–Crippen MR) is 140 cm³/mol. The number of carbonyl (C=O) groups excluding carboxylic acids is 2. The second kappa shape index (κ2) is 11.8. The Morgan fingerprint density at radius 3 is 2.57 bits per heavy atom. The van der Waals surface area contributed by atoms with E-state index in [1.807, 2.05) is 13.8 Å². The van der Waals surface area contributed by atoms with Gasteiger partial charge >= 0.3 is 6.09 Å². The van der Waals surface area contributed by atoms with Gasteiger partial charge in [0.25, 0.3) is 0 Å². The number of benzene rings is 1. The zero-order chi connectivity index (χ0) is 26.6. The van der Waals surface area contributed by atoms with Gasteiger partial charge in [-0.1, -0.05) is 30.4 Å². The molecule has 1 aromatic heterocycles. The average molecular weight is 552 g/mol. The third kappa shape index (κ3) is 6.78. The number of nitrogens with zero attached hydrogens (tertiary/aromatic N) is 3. The number of amides is 2. The summed E-state index contributed by atoms with van der Waals surface area (Å²) >= 11 is 1.39. The van der Waals surface area contributed by atoms with Crippen molar-refractivity contribution in [1.29, 1.82) is 0 Å². The molecule has 13 heteroatoms. The molecule has 3 heterocycles. The molecule has 2 aliphatic rings. The summed E-state index contributed by atoms with van der Waals surface area (Å²) < 4.78 is 39.1. The minimum atomic E-state index is -3.79. The maximum atomic E-state index is 13.1. The standard InChI is InChI=1S/C24H33N5O6S2/c1-4-26-37(32,33)21-11-17(12-22(30)27-16(2)3)5-6-19(21)20-13-25-23(36-20)28-7-9-29(10-8-28)24(31)35-18-14-34-15-18/h5-6,11,13,16,18,26H,4,7-10,12,14-15H2,1-3H3,(H,27,30). The Hall–Kier alpha value is -2.74. The molecule has 2 amide bonds. The van der Waals surface area contributed by atoms with E-state index in [1.165, 1.54) is 11.3 Å². The van der Waals surface area contributed by atoms with Crippen LogP contribution in [0, 0.1) is 0 Å². The van der Waals surface area contributed by atoms with E-state index in [0.29, 0.717) is 55.4 Å². The van der Waals surface area contributed by atoms with Crippen molar-refractivity contribution in [3.63, 3.8) is 0 Å². The number of hydrogen-bond donors (Lipinski definition) is 2. The van der Waals surface area contributed by atoms with E-state index in [0.717, 1.165) is 5.13 Å². The fraction of sp³-hybridized carbons (Fsp3) is 0.542. The molecule has 2 N–H and O–H groups in total. The van der Waals surface area contributed by atoms with Crippen LogP contribution < -0.4 is 14.9 Å². The van der Waals surface area contributed by atoms with Crippen LogP contribution in [0.2, 0.25) is 0 Å². The quantitative estimate of drug-likeness (QED) is 0.483. The number of aromatic nitrogens is 1. The minimum Gasteiger partial charge on any atom is -0.441 e. The van der Waals surface area contributed by atoms with Crippen LogP contribution in [0.15, 0.2) is 29.3 Å². The minimum absolute atomic E-state index is 0.00258. The van der Waals surface area contributed by atoms with E-state index in [2.05, 4.69) is 19.9 Å². The third-order valence-electron chi connectivity index (χ3n) is 5.93. The van der Waals surface area contributed by atoms with Gasteiger partial charge in [0, 0.05) is 50.5 Å². The topological polar surface area (TPSA) is 130 Å². The Bertz CT molecular complexity index is 1220. The average Bonchev–Trinajstić information content (AvgIpc) is 3.31. The molecule has 4 rings (SSSR count). The van der Waals surface area contributed by atoms with Gasteiger partial charge in [0.2, 0.25) is 15.9 Å². The molecule has 0 saturated carbocycles. The monoisotopic (exact) mass is 551 g/mol. The number of carbonyl (C=O) groups is 2. The number of hydrogen-bond acceptors (Lipinski definition) is 9. The van der Waals surface area contributed by atoms with Crippen molar-refractivity contribution in [2.45, 2.75) is 44.2 Å². The summed E-state index contributed by atoms with van der Waals surface area (Å²) in [5.41, 5.74) is 1.14. The molecule has 11 nitrogen and oxygen atoms in total. The van der Waals surface area contributed by atoms with Gasteiger partial charge in [0.15, 0.2) is 11.2 Å². The number of rotatable bonds is 9. The molecule has 0 radical (unpaired) electrons. The number of thiazole rings is 1. The first-order valence-corrected chi connectivity index (χ1v) is 14.6. The van der Waals surface area contributed by atoms with Gasteiger partial charge in [-0.2, -0.15) is 0 Å². The van der Waals surface area contributed by atoms with Crippen molar-refractivity contribution >= 4 is 38.5 Å². The van der Waals surface area contributed by atoms with Crippen LogP contribution in [0.4, 0.5) is 9.93 Å². The number of ether oxygens (including phenoxy) is 2. The summed E-state index contributed by atoms with van der Waals surface area (Å²) in [4.78, 5) is 33.7. The fourth-order valence-electron chi connectivity index (χ4n) is 4.04. The molecule has 37 heavy (non-hydrogen) atoms. The second-order valence-electron chi connectivity index (χ2n) is 9.26. The van der Waals surface area contributed by atoms with Crippen LogP contribution in [0.5, 0.6) is 0 Å². The highest BCUT2D eigenvalue weighted by atomic mass is 32.2. The van der Waals surface area contributed by atoms with E-state index < -0.39 is 10.0 Å². The second-order valence-corrected chi connectivity index (χ2v) is 12.0. The Kier molecular flexibility index (Phi) is 8.67. The maximum absolute atomic E-state index is 13.1. The Labute approximate surface area is 221 Å². The molecular weight excluding hydrogens is 518 g/mol. The van der Waals surface area contributed by atoms with Crippen LogP contribution in [0.25, 0.3) is 10.4 Å². The van der Waals surface area contributed by atoms with Crippen LogP contribution in [-0.4, -0.2) is 88.4 Å². The first-order chi connectivity index (χ1) is 17.7. The van der Waals surface area contributed by atoms with Crippen molar-refractivity contribution in [2.75, 3.05) is 50.8 Å². The molecule has 2 aromatic rings. The highest BCUT2D eigenvalue weighted by Crippen LogP contribution is 2.36. The molecule has 2 saturated heterocycles. The van der Waals surface area contributed by atoms with E-state index in [1.54, 1.807) is 36.2 Å². The summed E-state index contributed by atoms with van der Waals surface area (Å²) in [6, 6.07) is 5.07. The molecule has 2 aliphatic heterocycles. The molecule has 1 aromatic carbocycles. The lowest BCUT2D eigenvalue weighted by Crippen LogP contribution is -2.51. The Morgan fingerprint density at radius 1 is 1.22 bits per heavy atom. The Morgan fingerprint density at radius 2 is 1.95 bits per heavy atom. The SMILES string of the molecule is CCNS(=O)(=O)c1cc(CC(=O)NC(C)C)ccc1-c1cnc(N2CCN(C(=O)OC3COC3)CC2)s1. The zero-order valence-electron chi connectivity index (χ0n) is 21.2. The van der Waals surface area contributed by atoms with E-state index in [-0.39, 0.29) is 42.0 Å². The first-order valence-electron chi connectivity index (χ1n) is 12.3. The molecule has 0 bridgehead atoms. The predicted octanol–water partition coefficient (Wildman–Crippen LogP) is 1.83. The van der Waals surface area contributed by atoms with Gasteiger partial charge in [-0.15, -0.1) is 0 Å². The van der Waals surface area contributed by atoms with E-state index in [9.17, 15) is 18.0 Å². The number of sulfonamides is 1. The molecule has 0 unspecified atom stereocenters. The van der Waals surface area contributed by atoms with E-state index in [4.69, 9.17) is 9.47 Å². The Balaban J connectivity index is 1.49. The van der Waals surface area contributed by atoms with Crippen LogP contribution >= 0.6 is 11.3 Å². The van der Waals surface area contributed by atoms with Gasteiger partial charge in [-0.25, -0.2) is 22.9 Å². The molecule has 2 fully saturated rings. The zero-order valence-corrected chi connectivity index (χ0v) is 22.9. The van der Waals surface area contributed by atoms with Crippen molar-refractivity contribution in [2.24, 2.45) is 0 Å². The highest BCUT2D eigenvalue weighted by Gasteiger charge is 2.29. The van der Waals surface area contributed by atoms with Crippen LogP contribution in [0.3, 0.4) is 0 Å². The number of nitrogens with one attached hydrogen (secondary N) is 2. The largest absolute Gasteiger partial charge is 0.441 e. The van der Waals surface area contributed by atoms with Crippen molar-refractivity contribution in [1.82, 2.24) is 19.9 Å². The fourth-order valence-corrected chi connectivity index (χ4v) is 6.43. The third-order valence-corrected chi connectivity index (χ3v) is 8.60. The van der Waals surface area contributed by atoms with Crippen LogP contribution in [-0.2, 0) is 30.7 Å². The summed E-state index contributed by atoms with van der Waals surface area (Å²) in [5, 5.41) is 3.58. The smallest absolute Gasteiger partial charge is 0.410 e. The van der Waals surface area contributed by atoms with Crippen molar-refractivity contribution < 1.29 is 27.5 Å². The van der Waals surface area contributed by atoms with Crippen LogP contribution in [0.1, 0.15) is 26.3 Å². The molecule has 0 spiro atoms. The summed E-state index contributed by atoms with van der Waals surface area (Å²) in [6.07, 6.45) is 1.27. The molecule has 202 valence electrons. The lowest BCUT2D eigenvalue weighted by Gasteiger charge is -2.35. The molecule has 0 aliphatic carbocycles. The number of anilines is 1. The van der Waals surface area contributed by atoms with Gasteiger partial charge in [0.05, 0.1) is 29.4 Å². The van der Waals surface area contributed by atoms with Gasteiger partial charge in [-0.05, 0) is 25.5 Å². The molecule has 0 atom stereocenters. The van der Waals surface area contributed by atoms with E-state index >= 15 is 0 Å². The highest BCUT2D eigenvalue weighted by molar-refractivity contribution is 7.89. The van der Waals surface area contributed by atoms with Gasteiger partial charge in [0.1, 0.15) is 0 Å². The van der Waals surface area contributed by atoms with Gasteiger partial charge in [-0.3, -0.25) is 4.79 Å². The summed E-state index contributed by atoms with van der Waals surface area (Å²) in [6.45, 7) is 8.82. The normalized spacial score (nSPS) is 16.5. The van der Waals surface area contributed by atoms with Crippen molar-refractivity contribution in [3.05, 3.63) is 30.0 Å². The number of piperazine rings is 1. The van der Waals surface area contributed by atoms with Gasteiger partial charge < -0.3 is 24.6 Å². The lowest BCUT2D eigenvalue weighted by molar-refractivity contribution is -0.120.